The van der Waals surface area contributed by atoms with E-state index in [0.717, 1.165) is 110 Å². The SMILES string of the molecule is [B]C(O)(O)c1ccc2c(c1)C(C1=CCC(C)CC1)(c1ccc(-c3cccc4c3oc3c(-n5c6ccccc6c6cc(C7=CC=CCC7)ccc65)cccc34)cc1)C1=CC(C(O)(O)O)=CCC12. The molecule has 8 aromatic rings. The molecule has 2 aromatic heterocycles. The maximum atomic E-state index is 10.7. The molecule has 3 unspecified atom stereocenters. The van der Waals surface area contributed by atoms with Crippen molar-refractivity contribution in [2.75, 3.05) is 0 Å². The third-order valence-electron chi connectivity index (χ3n) is 14.9. The Morgan fingerprint density at radius 3 is 2.23 bits per heavy atom. The van der Waals surface area contributed by atoms with E-state index in [1.165, 1.54) is 21.9 Å². The topological polar surface area (TPSA) is 119 Å². The average molecular weight is 866 g/mol. The van der Waals surface area contributed by atoms with E-state index in [-0.39, 0.29) is 17.1 Å². The highest BCUT2D eigenvalue weighted by atomic mass is 16.7. The quantitative estimate of drug-likeness (QED) is 0.0618. The van der Waals surface area contributed by atoms with E-state index in [2.05, 4.69) is 139 Å². The second-order valence-electron chi connectivity index (χ2n) is 18.8. The first-order valence-electron chi connectivity index (χ1n) is 23.0. The van der Waals surface area contributed by atoms with Crippen molar-refractivity contribution in [2.45, 2.75) is 68.4 Å². The molecule has 8 heteroatoms. The highest BCUT2D eigenvalue weighted by molar-refractivity contribution is 6.15. The van der Waals surface area contributed by atoms with Crippen molar-refractivity contribution >= 4 is 57.2 Å². The number of aromatic nitrogens is 1. The molecule has 0 saturated carbocycles. The predicted molar refractivity (Wildman–Crippen MR) is 263 cm³/mol. The Kier molecular flexibility index (Phi) is 9.31. The van der Waals surface area contributed by atoms with Crippen LogP contribution < -0.4 is 0 Å². The minimum Gasteiger partial charge on any atom is -0.453 e. The van der Waals surface area contributed by atoms with E-state index < -0.39 is 17.1 Å². The third-order valence-corrected chi connectivity index (χ3v) is 14.9. The summed E-state index contributed by atoms with van der Waals surface area (Å²) < 4.78 is 9.41. The van der Waals surface area contributed by atoms with E-state index in [1.54, 1.807) is 24.3 Å². The fraction of sp³-hybridized carbons (Fsp3) is 0.207. The number of benzene rings is 6. The standard InChI is InChI=1S/C58H48BNO6/c1-34-17-22-38(23-18-34)56(49-32-40(57(59,61)62)26-28-43(49)44-29-27-41(33-50(44)56)58(63,64)65)39-24-19-36(20-25-39)42-12-7-13-46-47-14-8-16-53(55(47)66-54(42)46)60-51-15-6-5-11-45(51)48-31-37(21-30-52(48)60)35-9-3-2-4-10-35/h2-3,5-9,11-16,19-22,24-28,30-34,44,61-65H,4,10,17-18,23,29H2,1H3. The van der Waals surface area contributed by atoms with Crippen LogP contribution in [0.3, 0.4) is 0 Å². The van der Waals surface area contributed by atoms with Crippen molar-refractivity contribution in [3.05, 3.63) is 202 Å². The van der Waals surface area contributed by atoms with Gasteiger partial charge in [0.1, 0.15) is 11.3 Å². The van der Waals surface area contributed by atoms with Crippen molar-refractivity contribution in [3.63, 3.8) is 0 Å². The summed E-state index contributed by atoms with van der Waals surface area (Å²) in [7, 11) is 5.93. The van der Waals surface area contributed by atoms with Gasteiger partial charge in [-0.05, 0) is 125 Å². The van der Waals surface area contributed by atoms with E-state index in [4.69, 9.17) is 12.3 Å². The molecule has 0 saturated heterocycles. The van der Waals surface area contributed by atoms with E-state index in [0.29, 0.717) is 12.3 Å². The maximum Gasteiger partial charge on any atom is 0.304 e. The Hall–Kier alpha value is -6.52. The Labute approximate surface area is 383 Å². The summed E-state index contributed by atoms with van der Waals surface area (Å²) in [6.07, 6.45) is 17.4. The molecule has 0 spiro atoms. The zero-order valence-electron chi connectivity index (χ0n) is 36.6. The summed E-state index contributed by atoms with van der Waals surface area (Å²) in [5.41, 5.74) is 10.7. The summed E-state index contributed by atoms with van der Waals surface area (Å²) in [5, 5.41) is 57.4. The number of rotatable bonds is 7. The van der Waals surface area contributed by atoms with Crippen molar-refractivity contribution in [3.8, 4) is 16.8 Å². The van der Waals surface area contributed by atoms with Gasteiger partial charge in [0.05, 0.1) is 22.1 Å². The van der Waals surface area contributed by atoms with Gasteiger partial charge in [0, 0.05) is 38.6 Å². The molecule has 0 aliphatic heterocycles. The van der Waals surface area contributed by atoms with Gasteiger partial charge in [0.15, 0.2) is 13.4 Å². The number of aliphatic hydroxyl groups is 5. The molecular weight excluding hydrogens is 817 g/mol. The van der Waals surface area contributed by atoms with Crippen LogP contribution in [0.1, 0.15) is 79.2 Å². The molecule has 0 fully saturated rings. The summed E-state index contributed by atoms with van der Waals surface area (Å²) in [6.45, 7) is 2.24. The number of fused-ring (bicyclic) bond motifs is 9. The summed E-state index contributed by atoms with van der Waals surface area (Å²) in [6, 6.07) is 41.9. The molecule has 66 heavy (non-hydrogen) atoms. The van der Waals surface area contributed by atoms with Gasteiger partial charge < -0.3 is 34.5 Å². The highest BCUT2D eigenvalue weighted by Crippen LogP contribution is 2.62. The fourth-order valence-corrected chi connectivity index (χ4v) is 11.7. The minimum absolute atomic E-state index is 0.00129. The molecule has 4 aliphatic carbocycles. The maximum absolute atomic E-state index is 10.7. The molecule has 324 valence electrons. The van der Waals surface area contributed by atoms with Crippen LogP contribution in [0.25, 0.3) is 66.1 Å². The van der Waals surface area contributed by atoms with Gasteiger partial charge in [-0.25, -0.2) is 0 Å². The smallest absolute Gasteiger partial charge is 0.304 e. The molecule has 2 radical (unpaired) electrons. The Bertz CT molecular complexity index is 3480. The molecule has 7 nitrogen and oxygen atoms in total. The highest BCUT2D eigenvalue weighted by Gasteiger charge is 2.53. The number of hydrogen-bond acceptors (Lipinski definition) is 6. The lowest BCUT2D eigenvalue weighted by Gasteiger charge is -2.41. The molecular formula is C58H48BNO6. The van der Waals surface area contributed by atoms with Crippen LogP contribution in [-0.2, 0) is 11.1 Å². The van der Waals surface area contributed by atoms with Gasteiger partial charge in [0.2, 0.25) is 0 Å². The van der Waals surface area contributed by atoms with Crippen LogP contribution in [-0.4, -0.2) is 43.9 Å². The summed E-state index contributed by atoms with van der Waals surface area (Å²) >= 11 is 0. The van der Waals surface area contributed by atoms with E-state index in [1.807, 2.05) is 6.07 Å². The lowest BCUT2D eigenvalue weighted by Crippen LogP contribution is -2.35. The van der Waals surface area contributed by atoms with Crippen LogP contribution in [0, 0.1) is 5.92 Å². The number of hydrogen-bond donors (Lipinski definition) is 5. The van der Waals surface area contributed by atoms with Gasteiger partial charge in [0.25, 0.3) is 0 Å². The Morgan fingerprint density at radius 1 is 0.712 bits per heavy atom. The second kappa shape index (κ2) is 15.0. The minimum atomic E-state index is -3.04. The Morgan fingerprint density at radius 2 is 1.47 bits per heavy atom. The van der Waals surface area contributed by atoms with Crippen molar-refractivity contribution in [1.29, 1.82) is 0 Å². The lowest BCUT2D eigenvalue weighted by molar-refractivity contribution is -0.279. The summed E-state index contributed by atoms with van der Waals surface area (Å²) in [5.74, 6) is -2.73. The number of nitrogens with zero attached hydrogens (tertiary/aromatic N) is 1. The molecule has 6 aromatic carbocycles. The van der Waals surface area contributed by atoms with Crippen LogP contribution in [0.5, 0.6) is 0 Å². The van der Waals surface area contributed by atoms with E-state index >= 15 is 0 Å². The Balaban J connectivity index is 1.03. The first-order chi connectivity index (χ1) is 31.9. The first kappa shape index (κ1) is 41.0. The van der Waals surface area contributed by atoms with Crippen molar-refractivity contribution < 1.29 is 29.9 Å². The van der Waals surface area contributed by atoms with Crippen LogP contribution in [0.15, 0.2) is 179 Å². The third kappa shape index (κ3) is 6.24. The van der Waals surface area contributed by atoms with Crippen molar-refractivity contribution in [2.24, 2.45) is 5.92 Å². The van der Waals surface area contributed by atoms with Crippen LogP contribution in [0.2, 0.25) is 0 Å². The first-order valence-corrected chi connectivity index (χ1v) is 23.0. The number of para-hydroxylation sites is 3. The molecule has 0 amide bonds. The zero-order chi connectivity index (χ0) is 45.1. The predicted octanol–water partition coefficient (Wildman–Crippen LogP) is 11.4. The molecule has 0 bridgehead atoms. The monoisotopic (exact) mass is 865 g/mol. The van der Waals surface area contributed by atoms with Crippen molar-refractivity contribution in [1.82, 2.24) is 4.57 Å². The number of furan rings is 1. The molecule has 12 rings (SSSR count). The van der Waals surface area contributed by atoms with Crippen LogP contribution >= 0.6 is 0 Å². The van der Waals surface area contributed by atoms with Crippen LogP contribution in [0.4, 0.5) is 0 Å². The molecule has 3 atom stereocenters. The zero-order valence-corrected chi connectivity index (χ0v) is 36.6. The van der Waals surface area contributed by atoms with Gasteiger partial charge in [-0.3, -0.25) is 0 Å². The lowest BCUT2D eigenvalue weighted by atomic mass is 9.62. The summed E-state index contributed by atoms with van der Waals surface area (Å²) in [4.78, 5) is 0. The largest absolute Gasteiger partial charge is 0.453 e. The fourth-order valence-electron chi connectivity index (χ4n) is 11.7. The second-order valence-corrected chi connectivity index (χ2v) is 18.8. The average Bonchev–Trinajstić information content (AvgIpc) is 3.98. The van der Waals surface area contributed by atoms with Gasteiger partial charge in [-0.1, -0.05) is 134 Å². The molecule has 2 heterocycles. The normalized spacial score (nSPS) is 20.9. The molecule has 5 N–H and O–H groups in total. The van der Waals surface area contributed by atoms with Gasteiger partial charge in [-0.2, -0.15) is 0 Å². The van der Waals surface area contributed by atoms with Gasteiger partial charge in [-0.15, -0.1) is 0 Å². The van der Waals surface area contributed by atoms with Gasteiger partial charge >= 0.3 is 5.97 Å². The van der Waals surface area contributed by atoms with E-state index in [9.17, 15) is 25.5 Å². The number of allylic oxidation sites excluding steroid dienone is 8. The molecule has 4 aliphatic rings.